The van der Waals surface area contributed by atoms with Crippen molar-refractivity contribution in [2.45, 2.75) is 33.0 Å². The third kappa shape index (κ3) is 4.54. The van der Waals surface area contributed by atoms with E-state index in [2.05, 4.69) is 4.98 Å². The second-order valence-electron chi connectivity index (χ2n) is 5.57. The van der Waals surface area contributed by atoms with Gasteiger partial charge in [-0.25, -0.2) is 4.98 Å². The Bertz CT molecular complexity index is 650. The van der Waals surface area contributed by atoms with Gasteiger partial charge in [0.25, 0.3) is 5.91 Å². The molecule has 23 heavy (non-hydrogen) atoms. The van der Waals surface area contributed by atoms with Crippen LogP contribution in [0, 0.1) is 5.92 Å². The first-order valence-corrected chi connectivity index (χ1v) is 8.81. The maximum Gasteiger partial charge on any atom is 0.406 e. The average molecular weight is 362 g/mol. The molecule has 8 heteroatoms. The number of halogens is 3. The Kier molecular flexibility index (Phi) is 5.46. The number of aromatic nitrogens is 1. The molecule has 0 saturated heterocycles. The van der Waals surface area contributed by atoms with E-state index in [4.69, 9.17) is 0 Å². The van der Waals surface area contributed by atoms with Gasteiger partial charge >= 0.3 is 6.18 Å². The van der Waals surface area contributed by atoms with E-state index >= 15 is 0 Å². The molecule has 0 saturated carbocycles. The monoisotopic (exact) mass is 362 g/mol. The molecule has 2 aromatic rings. The first-order chi connectivity index (χ1) is 10.7. The van der Waals surface area contributed by atoms with E-state index in [1.165, 1.54) is 17.5 Å². The van der Waals surface area contributed by atoms with Crippen LogP contribution >= 0.6 is 22.7 Å². The smallest absolute Gasteiger partial charge is 0.326 e. The van der Waals surface area contributed by atoms with Crippen molar-refractivity contribution >= 4 is 28.6 Å². The molecule has 1 atom stereocenters. The molecule has 2 heterocycles. The molecular weight excluding hydrogens is 345 g/mol. The first-order valence-electron chi connectivity index (χ1n) is 7.05. The first kappa shape index (κ1) is 17.9. The summed E-state index contributed by atoms with van der Waals surface area (Å²) in [5, 5.41) is 4.41. The molecule has 0 radical (unpaired) electrons. The molecule has 1 unspecified atom stereocenters. The Morgan fingerprint density at radius 1 is 1.35 bits per heavy atom. The normalized spacial score (nSPS) is 13.3. The minimum Gasteiger partial charge on any atom is -0.326 e. The van der Waals surface area contributed by atoms with Crippen LogP contribution in [0.1, 0.15) is 30.4 Å². The van der Waals surface area contributed by atoms with Gasteiger partial charge < -0.3 is 4.90 Å². The highest BCUT2D eigenvalue weighted by atomic mass is 32.1. The van der Waals surface area contributed by atoms with Crippen LogP contribution in [0.4, 0.5) is 13.2 Å². The Morgan fingerprint density at radius 3 is 2.57 bits per heavy atom. The summed E-state index contributed by atoms with van der Waals surface area (Å²) >= 11 is 2.62. The van der Waals surface area contributed by atoms with E-state index in [0.717, 1.165) is 21.8 Å². The summed E-state index contributed by atoms with van der Waals surface area (Å²) in [5.41, 5.74) is 0.873. The maximum atomic E-state index is 12.8. The van der Waals surface area contributed by atoms with E-state index in [-0.39, 0.29) is 10.8 Å². The second kappa shape index (κ2) is 7.00. The summed E-state index contributed by atoms with van der Waals surface area (Å²) in [6.45, 7) is 3.97. The average Bonchev–Trinajstić information content (AvgIpc) is 3.12. The number of alkyl halides is 3. The highest BCUT2D eigenvalue weighted by molar-refractivity contribution is 7.17. The number of thiazole rings is 1. The van der Waals surface area contributed by atoms with Gasteiger partial charge in [-0.3, -0.25) is 4.79 Å². The van der Waals surface area contributed by atoms with Crippen molar-refractivity contribution in [2.24, 2.45) is 5.92 Å². The van der Waals surface area contributed by atoms with Crippen molar-refractivity contribution in [3.63, 3.8) is 0 Å². The van der Waals surface area contributed by atoms with Crippen LogP contribution in [0.15, 0.2) is 23.0 Å². The summed E-state index contributed by atoms with van der Waals surface area (Å²) in [4.78, 5) is 17.8. The summed E-state index contributed by atoms with van der Waals surface area (Å²) < 4.78 is 38.5. The standard InChI is InChI=1S/C15H17F3N2OS2/c1-9(2)10(3)20(8-15(16,17)18)14(21)12-6-19-13(23-12)11-4-5-22-7-11/h4-7,9-10H,8H2,1-3H3. The Hall–Kier alpha value is -1.41. The summed E-state index contributed by atoms with van der Waals surface area (Å²) in [6, 6.07) is 1.35. The molecule has 0 aliphatic rings. The molecule has 126 valence electrons. The zero-order valence-electron chi connectivity index (χ0n) is 12.9. The van der Waals surface area contributed by atoms with Crippen LogP contribution in [0.5, 0.6) is 0 Å². The second-order valence-corrected chi connectivity index (χ2v) is 7.39. The van der Waals surface area contributed by atoms with Crippen LogP contribution in [0.25, 0.3) is 10.6 Å². The molecule has 2 rings (SSSR count). The Labute approximate surface area is 140 Å². The molecule has 1 amide bonds. The third-order valence-corrected chi connectivity index (χ3v) is 5.27. The maximum absolute atomic E-state index is 12.8. The molecular formula is C15H17F3N2OS2. The molecule has 3 nitrogen and oxygen atoms in total. The highest BCUT2D eigenvalue weighted by Crippen LogP contribution is 2.29. The van der Waals surface area contributed by atoms with E-state index in [0.29, 0.717) is 5.01 Å². The molecule has 0 fully saturated rings. The largest absolute Gasteiger partial charge is 0.406 e. The van der Waals surface area contributed by atoms with Crippen molar-refractivity contribution in [3.8, 4) is 10.6 Å². The van der Waals surface area contributed by atoms with Crippen molar-refractivity contribution in [1.82, 2.24) is 9.88 Å². The Morgan fingerprint density at radius 2 is 2.04 bits per heavy atom. The summed E-state index contributed by atoms with van der Waals surface area (Å²) in [6.07, 6.45) is -3.07. The van der Waals surface area contributed by atoms with Crippen LogP contribution in [-0.2, 0) is 0 Å². The van der Waals surface area contributed by atoms with E-state index in [9.17, 15) is 18.0 Å². The van der Waals surface area contributed by atoms with E-state index in [1.54, 1.807) is 20.8 Å². The quantitative estimate of drug-likeness (QED) is 0.756. The predicted octanol–water partition coefficient (Wildman–Crippen LogP) is 4.92. The lowest BCUT2D eigenvalue weighted by Gasteiger charge is -2.32. The number of thiophene rings is 1. The number of nitrogens with zero attached hydrogens (tertiary/aromatic N) is 2. The Balaban J connectivity index is 2.26. The van der Waals surface area contributed by atoms with Gasteiger partial charge in [0, 0.05) is 17.0 Å². The fourth-order valence-corrected chi connectivity index (χ4v) is 3.57. The topological polar surface area (TPSA) is 33.2 Å². The lowest BCUT2D eigenvalue weighted by Crippen LogP contribution is -2.46. The predicted molar refractivity (Wildman–Crippen MR) is 86.8 cm³/mol. The van der Waals surface area contributed by atoms with Crippen LogP contribution in [-0.4, -0.2) is 34.6 Å². The van der Waals surface area contributed by atoms with Gasteiger partial charge in [0.1, 0.15) is 16.4 Å². The third-order valence-electron chi connectivity index (χ3n) is 3.55. The van der Waals surface area contributed by atoms with Gasteiger partial charge in [0.15, 0.2) is 0 Å². The van der Waals surface area contributed by atoms with Crippen molar-refractivity contribution in [2.75, 3.05) is 6.54 Å². The summed E-state index contributed by atoms with van der Waals surface area (Å²) in [7, 11) is 0. The zero-order valence-corrected chi connectivity index (χ0v) is 14.6. The zero-order chi connectivity index (χ0) is 17.2. The van der Waals surface area contributed by atoms with Crippen molar-refractivity contribution in [1.29, 1.82) is 0 Å². The van der Waals surface area contributed by atoms with Gasteiger partial charge in [0.05, 0.1) is 6.20 Å². The van der Waals surface area contributed by atoms with Gasteiger partial charge in [-0.15, -0.1) is 11.3 Å². The molecule has 2 aromatic heterocycles. The number of rotatable bonds is 5. The number of hydrogen-bond donors (Lipinski definition) is 0. The molecule has 0 aliphatic carbocycles. The minimum atomic E-state index is -4.43. The van der Waals surface area contributed by atoms with Crippen molar-refractivity contribution < 1.29 is 18.0 Å². The number of amides is 1. The fourth-order valence-electron chi connectivity index (χ4n) is 1.99. The minimum absolute atomic E-state index is 0.0782. The van der Waals surface area contributed by atoms with E-state index in [1.807, 2.05) is 16.8 Å². The van der Waals surface area contributed by atoms with E-state index < -0.39 is 24.7 Å². The van der Waals surface area contributed by atoms with Crippen LogP contribution in [0.3, 0.4) is 0 Å². The van der Waals surface area contributed by atoms with Gasteiger partial charge in [0.2, 0.25) is 0 Å². The lowest BCUT2D eigenvalue weighted by atomic mass is 10.0. The molecule has 0 aliphatic heterocycles. The molecule has 0 spiro atoms. The molecule has 0 aromatic carbocycles. The van der Waals surface area contributed by atoms with Gasteiger partial charge in [-0.2, -0.15) is 24.5 Å². The van der Waals surface area contributed by atoms with Crippen molar-refractivity contribution in [3.05, 3.63) is 27.9 Å². The number of carbonyl (C=O) groups excluding carboxylic acids is 1. The fraction of sp³-hybridized carbons (Fsp3) is 0.467. The van der Waals surface area contributed by atoms with Crippen LogP contribution in [0.2, 0.25) is 0 Å². The highest BCUT2D eigenvalue weighted by Gasteiger charge is 2.37. The lowest BCUT2D eigenvalue weighted by molar-refractivity contribution is -0.145. The SMILES string of the molecule is CC(C)C(C)N(CC(F)(F)F)C(=O)c1cnc(-c2ccsc2)s1. The number of hydrogen-bond acceptors (Lipinski definition) is 4. The van der Waals surface area contributed by atoms with Gasteiger partial charge in [-0.1, -0.05) is 13.8 Å². The molecule has 0 N–H and O–H groups in total. The summed E-state index contributed by atoms with van der Waals surface area (Å²) in [5.74, 6) is -0.701. The number of carbonyl (C=O) groups is 1. The molecule has 0 bridgehead atoms. The van der Waals surface area contributed by atoms with Gasteiger partial charge in [-0.05, 0) is 24.3 Å². The van der Waals surface area contributed by atoms with Crippen LogP contribution < -0.4 is 0 Å².